The molecule has 2 saturated heterocycles. The van der Waals surface area contributed by atoms with E-state index in [1.807, 2.05) is 7.05 Å². The number of ether oxygens (including phenoxy) is 2. The first kappa shape index (κ1) is 19.2. The Hall–Kier alpha value is -0.0800. The van der Waals surface area contributed by atoms with Crippen LogP contribution in [0.15, 0.2) is 4.99 Å². The molecule has 134 valence electrons. The van der Waals surface area contributed by atoms with Crippen LogP contribution in [0.1, 0.15) is 45.4 Å². The molecule has 0 radical (unpaired) electrons. The predicted octanol–water partition coefficient (Wildman–Crippen LogP) is 2.64. The summed E-state index contributed by atoms with van der Waals surface area (Å²) < 4.78 is 11.7. The van der Waals surface area contributed by atoms with E-state index in [1.165, 1.54) is 25.7 Å². The SMILES string of the molecule is CN=C(NCC1(C)CCCC1)N1CCOC(C2CCCO2)C1.I. The largest absolute Gasteiger partial charge is 0.375 e. The summed E-state index contributed by atoms with van der Waals surface area (Å²) in [6.07, 6.45) is 8.16. The first-order valence-electron chi connectivity index (χ1n) is 8.89. The third-order valence-electron chi connectivity index (χ3n) is 5.47. The normalized spacial score (nSPS) is 31.0. The van der Waals surface area contributed by atoms with Crippen molar-refractivity contribution in [2.75, 3.05) is 39.9 Å². The predicted molar refractivity (Wildman–Crippen MR) is 104 cm³/mol. The smallest absolute Gasteiger partial charge is 0.193 e. The summed E-state index contributed by atoms with van der Waals surface area (Å²) in [5, 5.41) is 3.61. The molecule has 3 rings (SSSR count). The van der Waals surface area contributed by atoms with Crippen molar-refractivity contribution in [2.24, 2.45) is 10.4 Å². The van der Waals surface area contributed by atoms with Gasteiger partial charge in [-0.25, -0.2) is 0 Å². The highest BCUT2D eigenvalue weighted by atomic mass is 127. The van der Waals surface area contributed by atoms with Gasteiger partial charge in [-0.05, 0) is 31.1 Å². The number of hydrogen-bond acceptors (Lipinski definition) is 3. The fraction of sp³-hybridized carbons (Fsp3) is 0.941. The van der Waals surface area contributed by atoms with Crippen molar-refractivity contribution in [1.29, 1.82) is 0 Å². The molecule has 1 aliphatic carbocycles. The second kappa shape index (κ2) is 8.85. The summed E-state index contributed by atoms with van der Waals surface area (Å²) in [6.45, 7) is 6.88. The van der Waals surface area contributed by atoms with Gasteiger partial charge in [0.1, 0.15) is 6.10 Å². The number of rotatable bonds is 3. The van der Waals surface area contributed by atoms with Crippen LogP contribution in [0, 0.1) is 5.41 Å². The minimum atomic E-state index is 0. The number of aliphatic imine (C=N–C) groups is 1. The lowest BCUT2D eigenvalue weighted by molar-refractivity contribution is -0.0817. The summed E-state index contributed by atoms with van der Waals surface area (Å²) >= 11 is 0. The number of nitrogens with one attached hydrogen (secondary N) is 1. The van der Waals surface area contributed by atoms with Gasteiger partial charge in [0.15, 0.2) is 5.96 Å². The maximum absolute atomic E-state index is 5.94. The molecule has 0 aromatic rings. The van der Waals surface area contributed by atoms with E-state index in [2.05, 4.69) is 22.1 Å². The number of morpholine rings is 1. The average Bonchev–Trinajstić information content (AvgIpc) is 3.20. The van der Waals surface area contributed by atoms with E-state index < -0.39 is 0 Å². The molecule has 0 aromatic carbocycles. The highest BCUT2D eigenvalue weighted by molar-refractivity contribution is 14.0. The van der Waals surface area contributed by atoms with Crippen LogP contribution < -0.4 is 5.32 Å². The van der Waals surface area contributed by atoms with E-state index >= 15 is 0 Å². The van der Waals surface area contributed by atoms with Crippen molar-refractivity contribution in [2.45, 2.75) is 57.7 Å². The highest BCUT2D eigenvalue weighted by Gasteiger charge is 2.33. The van der Waals surface area contributed by atoms with Crippen LogP contribution in [0.3, 0.4) is 0 Å². The number of hydrogen-bond donors (Lipinski definition) is 1. The molecule has 0 amide bonds. The lowest BCUT2D eigenvalue weighted by atomic mass is 9.89. The molecule has 0 spiro atoms. The van der Waals surface area contributed by atoms with Gasteiger partial charge in [-0.3, -0.25) is 4.99 Å². The van der Waals surface area contributed by atoms with E-state index in [9.17, 15) is 0 Å². The van der Waals surface area contributed by atoms with Crippen LogP contribution in [-0.2, 0) is 9.47 Å². The first-order valence-corrected chi connectivity index (χ1v) is 8.89. The molecule has 23 heavy (non-hydrogen) atoms. The van der Waals surface area contributed by atoms with Gasteiger partial charge in [-0.2, -0.15) is 0 Å². The van der Waals surface area contributed by atoms with Crippen molar-refractivity contribution in [1.82, 2.24) is 10.2 Å². The minimum Gasteiger partial charge on any atom is -0.375 e. The average molecular weight is 437 g/mol. The van der Waals surface area contributed by atoms with Gasteiger partial charge in [0.2, 0.25) is 0 Å². The lowest BCUT2D eigenvalue weighted by Gasteiger charge is -2.38. The van der Waals surface area contributed by atoms with Gasteiger partial charge < -0.3 is 19.7 Å². The molecule has 0 bridgehead atoms. The molecule has 3 fully saturated rings. The highest BCUT2D eigenvalue weighted by Crippen LogP contribution is 2.36. The Kier molecular flexibility index (Phi) is 7.41. The van der Waals surface area contributed by atoms with Crippen LogP contribution in [0.2, 0.25) is 0 Å². The number of nitrogens with zero attached hydrogens (tertiary/aromatic N) is 2. The van der Waals surface area contributed by atoms with Crippen LogP contribution in [-0.4, -0.2) is 63.0 Å². The van der Waals surface area contributed by atoms with Crippen LogP contribution >= 0.6 is 24.0 Å². The summed E-state index contributed by atoms with van der Waals surface area (Å²) in [5.41, 5.74) is 0.441. The second-order valence-electron chi connectivity index (χ2n) is 7.33. The van der Waals surface area contributed by atoms with Gasteiger partial charge in [0.05, 0.1) is 12.7 Å². The van der Waals surface area contributed by atoms with Gasteiger partial charge >= 0.3 is 0 Å². The van der Waals surface area contributed by atoms with Crippen molar-refractivity contribution < 1.29 is 9.47 Å². The molecule has 2 unspecified atom stereocenters. The van der Waals surface area contributed by atoms with E-state index in [4.69, 9.17) is 9.47 Å². The molecule has 1 saturated carbocycles. The van der Waals surface area contributed by atoms with E-state index in [0.29, 0.717) is 5.41 Å². The standard InChI is InChI=1S/C17H31N3O2.HI/c1-17(7-3-4-8-17)13-19-16(18-2)20-9-11-22-15(12-20)14-6-5-10-21-14;/h14-15H,3-13H2,1-2H3,(H,18,19);1H. The van der Waals surface area contributed by atoms with Gasteiger partial charge in [-0.15, -0.1) is 24.0 Å². The van der Waals surface area contributed by atoms with Gasteiger partial charge in [0.25, 0.3) is 0 Å². The van der Waals surface area contributed by atoms with Crippen LogP contribution in [0.25, 0.3) is 0 Å². The summed E-state index contributed by atoms with van der Waals surface area (Å²) in [4.78, 5) is 6.84. The zero-order valence-electron chi connectivity index (χ0n) is 14.6. The molecule has 1 N–H and O–H groups in total. The molecule has 2 atom stereocenters. The molecule has 2 heterocycles. The Morgan fingerprint density at radius 1 is 1.17 bits per heavy atom. The van der Waals surface area contributed by atoms with Gasteiger partial charge in [0, 0.05) is 33.3 Å². The fourth-order valence-electron chi connectivity index (χ4n) is 4.02. The van der Waals surface area contributed by atoms with Crippen molar-refractivity contribution in [3.05, 3.63) is 0 Å². The lowest BCUT2D eigenvalue weighted by Crippen LogP contribution is -2.54. The molecular weight excluding hydrogens is 405 g/mol. The van der Waals surface area contributed by atoms with Crippen LogP contribution in [0.4, 0.5) is 0 Å². The quantitative estimate of drug-likeness (QED) is 0.419. The van der Waals surface area contributed by atoms with Crippen molar-refractivity contribution in [3.8, 4) is 0 Å². The molecule has 5 nitrogen and oxygen atoms in total. The van der Waals surface area contributed by atoms with E-state index in [1.54, 1.807) is 0 Å². The third-order valence-corrected chi connectivity index (χ3v) is 5.47. The zero-order valence-corrected chi connectivity index (χ0v) is 16.9. The maximum Gasteiger partial charge on any atom is 0.193 e. The summed E-state index contributed by atoms with van der Waals surface area (Å²) in [7, 11) is 1.88. The van der Waals surface area contributed by atoms with E-state index in [-0.39, 0.29) is 36.2 Å². The Morgan fingerprint density at radius 2 is 1.91 bits per heavy atom. The topological polar surface area (TPSA) is 46.1 Å². The second-order valence-corrected chi connectivity index (χ2v) is 7.33. The van der Waals surface area contributed by atoms with E-state index in [0.717, 1.165) is 51.6 Å². The van der Waals surface area contributed by atoms with Crippen molar-refractivity contribution >= 4 is 29.9 Å². The molecular formula is C17H32IN3O2. The maximum atomic E-state index is 5.94. The number of halogens is 1. The molecule has 3 aliphatic rings. The molecule has 6 heteroatoms. The van der Waals surface area contributed by atoms with Crippen molar-refractivity contribution in [3.63, 3.8) is 0 Å². The Morgan fingerprint density at radius 3 is 2.57 bits per heavy atom. The Balaban J connectivity index is 0.00000192. The van der Waals surface area contributed by atoms with Gasteiger partial charge in [-0.1, -0.05) is 19.8 Å². The van der Waals surface area contributed by atoms with Crippen LogP contribution in [0.5, 0.6) is 0 Å². The monoisotopic (exact) mass is 437 g/mol. The first-order chi connectivity index (χ1) is 10.7. The zero-order chi connectivity index (χ0) is 15.4. The number of guanidine groups is 1. The summed E-state index contributed by atoms with van der Waals surface area (Å²) in [5.74, 6) is 1.03. The Labute approximate surface area is 157 Å². The minimum absolute atomic E-state index is 0. The molecule has 0 aromatic heterocycles. The molecule has 2 aliphatic heterocycles. The fourth-order valence-corrected chi connectivity index (χ4v) is 4.02. The summed E-state index contributed by atoms with van der Waals surface area (Å²) in [6, 6.07) is 0. The third kappa shape index (κ3) is 4.95. The Bertz CT molecular complexity index is 393.